The zero-order valence-corrected chi connectivity index (χ0v) is 10.7. The van der Waals surface area contributed by atoms with Gasteiger partial charge in [-0.25, -0.2) is 0 Å². The predicted molar refractivity (Wildman–Crippen MR) is 66.4 cm³/mol. The topological polar surface area (TPSA) is 83.5 Å². The highest BCUT2D eigenvalue weighted by atomic mass is 35.5. The third-order valence-electron chi connectivity index (χ3n) is 2.56. The zero-order valence-electron chi connectivity index (χ0n) is 9.99. The maximum absolute atomic E-state index is 10.8. The summed E-state index contributed by atoms with van der Waals surface area (Å²) in [5.41, 5.74) is 6.26. The molecule has 17 heavy (non-hydrogen) atoms. The molecule has 94 valence electrons. The van der Waals surface area contributed by atoms with Gasteiger partial charge in [0.1, 0.15) is 11.8 Å². The van der Waals surface area contributed by atoms with E-state index in [-0.39, 0.29) is 21.8 Å². The molecule has 4 nitrogen and oxygen atoms in total. The molecule has 0 bridgehead atoms. The molecule has 0 aliphatic rings. The summed E-state index contributed by atoms with van der Waals surface area (Å²) in [7, 11) is 0. The minimum Gasteiger partial charge on any atom is -0.506 e. The van der Waals surface area contributed by atoms with Gasteiger partial charge in [-0.2, -0.15) is 0 Å². The van der Waals surface area contributed by atoms with Crippen LogP contribution in [0, 0.1) is 0 Å². The average molecular weight is 258 g/mol. The molecule has 0 radical (unpaired) electrons. The van der Waals surface area contributed by atoms with E-state index < -0.39 is 12.0 Å². The summed E-state index contributed by atoms with van der Waals surface area (Å²) >= 11 is 5.88. The number of hydrogen-bond acceptors (Lipinski definition) is 3. The van der Waals surface area contributed by atoms with Crippen LogP contribution in [0.2, 0.25) is 5.02 Å². The lowest BCUT2D eigenvalue weighted by Crippen LogP contribution is -2.22. The van der Waals surface area contributed by atoms with Crippen LogP contribution in [0.1, 0.15) is 37.9 Å². The number of aromatic hydroxyl groups is 1. The number of carboxylic acid groups (broad SMARTS) is 1. The first kappa shape index (κ1) is 13.8. The Morgan fingerprint density at radius 2 is 1.94 bits per heavy atom. The SMILES string of the molecule is CC(C)(C)c1cc(Cl)c(O)c([C@H](N)C(=O)O)c1. The molecule has 1 aromatic carbocycles. The third kappa shape index (κ3) is 2.90. The summed E-state index contributed by atoms with van der Waals surface area (Å²) in [5, 5.41) is 18.7. The van der Waals surface area contributed by atoms with Crippen molar-refractivity contribution in [2.75, 3.05) is 0 Å². The second kappa shape index (κ2) is 4.55. The Labute approximate surface area is 105 Å². The van der Waals surface area contributed by atoms with Crippen molar-refractivity contribution < 1.29 is 15.0 Å². The van der Waals surface area contributed by atoms with E-state index >= 15 is 0 Å². The van der Waals surface area contributed by atoms with Crippen LogP contribution in [0.25, 0.3) is 0 Å². The lowest BCUT2D eigenvalue weighted by atomic mass is 9.85. The number of rotatable bonds is 2. The number of carboxylic acids is 1. The Morgan fingerprint density at radius 1 is 1.41 bits per heavy atom. The van der Waals surface area contributed by atoms with Crippen molar-refractivity contribution in [1.29, 1.82) is 0 Å². The van der Waals surface area contributed by atoms with Crippen molar-refractivity contribution >= 4 is 17.6 Å². The smallest absolute Gasteiger partial charge is 0.325 e. The third-order valence-corrected chi connectivity index (χ3v) is 2.85. The standard InChI is InChI=1S/C12H16ClNO3/c1-12(2,3)6-4-7(9(14)11(16)17)10(15)8(13)5-6/h4-5,9,15H,14H2,1-3H3,(H,16,17)/t9-/m0/s1. The number of halogens is 1. The maximum atomic E-state index is 10.8. The molecule has 0 aliphatic carbocycles. The summed E-state index contributed by atoms with van der Waals surface area (Å²) in [4.78, 5) is 10.8. The zero-order chi connectivity index (χ0) is 13.4. The van der Waals surface area contributed by atoms with Crippen LogP contribution in [-0.4, -0.2) is 16.2 Å². The lowest BCUT2D eigenvalue weighted by molar-refractivity contribution is -0.138. The van der Waals surface area contributed by atoms with Gasteiger partial charge in [0.2, 0.25) is 0 Å². The molecule has 5 heteroatoms. The van der Waals surface area contributed by atoms with E-state index in [0.29, 0.717) is 0 Å². The van der Waals surface area contributed by atoms with Gasteiger partial charge in [0.05, 0.1) is 5.02 Å². The second-order valence-electron chi connectivity index (χ2n) is 4.96. The van der Waals surface area contributed by atoms with Crippen LogP contribution >= 0.6 is 11.6 Å². The largest absolute Gasteiger partial charge is 0.506 e. The number of hydrogen-bond donors (Lipinski definition) is 3. The highest BCUT2D eigenvalue weighted by Gasteiger charge is 2.24. The number of phenolic OH excluding ortho intramolecular Hbond substituents is 1. The van der Waals surface area contributed by atoms with Gasteiger partial charge in [-0.1, -0.05) is 32.4 Å². The van der Waals surface area contributed by atoms with E-state index in [1.54, 1.807) is 12.1 Å². The minimum absolute atomic E-state index is 0.115. The fraction of sp³-hybridized carbons (Fsp3) is 0.417. The minimum atomic E-state index is -1.28. The number of phenols is 1. The van der Waals surface area contributed by atoms with Gasteiger partial charge in [-0.05, 0) is 23.1 Å². The van der Waals surface area contributed by atoms with Crippen molar-refractivity contribution in [2.24, 2.45) is 5.73 Å². The van der Waals surface area contributed by atoms with Gasteiger partial charge in [-0.15, -0.1) is 0 Å². The van der Waals surface area contributed by atoms with Crippen molar-refractivity contribution in [2.45, 2.75) is 32.2 Å². The van der Waals surface area contributed by atoms with E-state index in [1.807, 2.05) is 20.8 Å². The molecule has 4 N–H and O–H groups in total. The molecule has 0 aliphatic heterocycles. The van der Waals surface area contributed by atoms with Crippen LogP contribution in [0.3, 0.4) is 0 Å². The summed E-state index contributed by atoms with van der Waals surface area (Å²) in [6, 6.07) is 1.92. The first-order chi connectivity index (χ1) is 7.64. The van der Waals surface area contributed by atoms with Gasteiger partial charge in [0, 0.05) is 5.56 Å². The van der Waals surface area contributed by atoms with Crippen LogP contribution < -0.4 is 5.73 Å². The Kier molecular flexibility index (Phi) is 3.69. The van der Waals surface area contributed by atoms with Gasteiger partial charge >= 0.3 is 5.97 Å². The van der Waals surface area contributed by atoms with Gasteiger partial charge in [0.15, 0.2) is 0 Å². The Balaban J connectivity index is 3.40. The first-order valence-corrected chi connectivity index (χ1v) is 5.53. The van der Waals surface area contributed by atoms with Gasteiger partial charge in [-0.3, -0.25) is 4.79 Å². The van der Waals surface area contributed by atoms with E-state index in [0.717, 1.165) is 5.56 Å². The molecule has 0 saturated heterocycles. The van der Waals surface area contributed by atoms with Gasteiger partial charge < -0.3 is 15.9 Å². The molecular weight excluding hydrogens is 242 g/mol. The van der Waals surface area contributed by atoms with Crippen molar-refractivity contribution in [1.82, 2.24) is 0 Å². The average Bonchev–Trinajstić information content (AvgIpc) is 2.19. The molecule has 0 fully saturated rings. The maximum Gasteiger partial charge on any atom is 0.325 e. The number of carbonyl (C=O) groups is 1. The Bertz CT molecular complexity index is 452. The number of benzene rings is 1. The predicted octanol–water partition coefficient (Wildman–Crippen LogP) is 2.43. The second-order valence-corrected chi connectivity index (χ2v) is 5.37. The van der Waals surface area contributed by atoms with Crippen molar-refractivity contribution in [3.63, 3.8) is 0 Å². The highest BCUT2D eigenvalue weighted by molar-refractivity contribution is 6.32. The number of nitrogens with two attached hydrogens (primary N) is 1. The Hall–Kier alpha value is -1.26. The van der Waals surface area contributed by atoms with Crippen LogP contribution in [0.5, 0.6) is 5.75 Å². The molecule has 0 aromatic heterocycles. The summed E-state index contributed by atoms with van der Waals surface area (Å²) in [5.74, 6) is -1.48. The fourth-order valence-electron chi connectivity index (χ4n) is 1.42. The molecular formula is C12H16ClNO3. The molecule has 0 unspecified atom stereocenters. The Morgan fingerprint density at radius 3 is 2.35 bits per heavy atom. The molecule has 1 atom stereocenters. The van der Waals surface area contributed by atoms with Crippen molar-refractivity contribution in [3.05, 3.63) is 28.3 Å². The summed E-state index contributed by atoms with van der Waals surface area (Å²) in [6.07, 6.45) is 0. The number of aliphatic carboxylic acids is 1. The molecule has 1 rings (SSSR count). The summed E-state index contributed by atoms with van der Waals surface area (Å²) in [6.45, 7) is 5.89. The summed E-state index contributed by atoms with van der Waals surface area (Å²) < 4.78 is 0. The van der Waals surface area contributed by atoms with E-state index in [4.69, 9.17) is 22.4 Å². The van der Waals surface area contributed by atoms with Crippen LogP contribution in [0.4, 0.5) is 0 Å². The lowest BCUT2D eigenvalue weighted by Gasteiger charge is -2.22. The molecule has 0 amide bonds. The van der Waals surface area contributed by atoms with E-state index in [2.05, 4.69) is 0 Å². The first-order valence-electron chi connectivity index (χ1n) is 5.16. The van der Waals surface area contributed by atoms with Gasteiger partial charge in [0.25, 0.3) is 0 Å². The molecule has 0 heterocycles. The fourth-order valence-corrected chi connectivity index (χ4v) is 1.65. The van der Waals surface area contributed by atoms with Crippen LogP contribution in [0.15, 0.2) is 12.1 Å². The molecule has 0 saturated carbocycles. The highest BCUT2D eigenvalue weighted by Crippen LogP contribution is 2.36. The normalized spacial score (nSPS) is 13.5. The molecule has 1 aromatic rings. The van der Waals surface area contributed by atoms with E-state index in [9.17, 15) is 9.90 Å². The quantitative estimate of drug-likeness (QED) is 0.760. The van der Waals surface area contributed by atoms with Crippen LogP contribution in [-0.2, 0) is 10.2 Å². The van der Waals surface area contributed by atoms with E-state index in [1.165, 1.54) is 0 Å². The monoisotopic (exact) mass is 257 g/mol. The van der Waals surface area contributed by atoms with Crippen molar-refractivity contribution in [3.8, 4) is 5.75 Å². The molecule has 0 spiro atoms.